The van der Waals surface area contributed by atoms with Gasteiger partial charge >= 0.3 is 29.6 Å². The molecule has 0 unspecified atom stereocenters. The molecule has 0 saturated heterocycles. The summed E-state index contributed by atoms with van der Waals surface area (Å²) in [6.07, 6.45) is 0. The van der Waals surface area contributed by atoms with Gasteiger partial charge in [0.05, 0.1) is 4.90 Å². The first-order chi connectivity index (χ1) is 7.64. The van der Waals surface area contributed by atoms with E-state index in [9.17, 15) is 8.42 Å². The first-order valence-electron chi connectivity index (χ1n) is 5.50. The van der Waals surface area contributed by atoms with Crippen molar-refractivity contribution in [3.8, 4) is 0 Å². The van der Waals surface area contributed by atoms with Crippen LogP contribution in [-0.4, -0.2) is 8.42 Å². The molecule has 0 aliphatic heterocycles. The van der Waals surface area contributed by atoms with Gasteiger partial charge in [0.2, 0.25) is 10.0 Å². The summed E-state index contributed by atoms with van der Waals surface area (Å²) in [7, 11) is -3.71. The average molecular weight is 299 g/mol. The van der Waals surface area contributed by atoms with Gasteiger partial charge in [0, 0.05) is 5.02 Å². The van der Waals surface area contributed by atoms with Crippen molar-refractivity contribution in [3.63, 3.8) is 0 Å². The Labute approximate surface area is 136 Å². The second kappa shape index (κ2) is 6.73. The molecule has 0 atom stereocenters. The van der Waals surface area contributed by atoms with Gasteiger partial charge < -0.3 is 0 Å². The fourth-order valence-electron chi connectivity index (χ4n) is 1.72. The number of hydrogen-bond donors (Lipinski definition) is 1. The molecule has 1 aromatic rings. The largest absolute Gasteiger partial charge is 1.00 e. The number of primary sulfonamides is 1. The average Bonchev–Trinajstić information content (AvgIpc) is 2.14. The zero-order valence-electron chi connectivity index (χ0n) is 11.5. The van der Waals surface area contributed by atoms with Gasteiger partial charge in [-0.05, 0) is 35.1 Å². The molecule has 1 aromatic carbocycles. The molecule has 96 valence electrons. The van der Waals surface area contributed by atoms with Crippen LogP contribution in [-0.2, 0) is 10.0 Å². The van der Waals surface area contributed by atoms with E-state index in [2.05, 4.69) is 0 Å². The van der Waals surface area contributed by atoms with Crippen LogP contribution < -0.4 is 34.7 Å². The Morgan fingerprint density at radius 3 is 1.83 bits per heavy atom. The summed E-state index contributed by atoms with van der Waals surface area (Å²) >= 11 is 6.15. The summed E-state index contributed by atoms with van der Waals surface area (Å²) in [5.41, 5.74) is 1.47. The summed E-state index contributed by atoms with van der Waals surface area (Å²) in [6, 6.07) is 3.30. The standard InChI is InChI=1S/C12H18ClNO2S.Na/c1-7(2)9-6-12(17(14,15)16)10(8(3)4)5-11(9)13;/h5-8H,1-4H3,(H2,14,15,16);/q;+1. The Kier molecular flexibility index (Phi) is 6.89. The van der Waals surface area contributed by atoms with Gasteiger partial charge in [0.1, 0.15) is 0 Å². The molecule has 3 nitrogen and oxygen atoms in total. The second-order valence-corrected chi connectivity index (χ2v) is 6.70. The molecular formula is C12H18ClNNaO2S+. The van der Waals surface area contributed by atoms with Gasteiger partial charge in [0.25, 0.3) is 0 Å². The van der Waals surface area contributed by atoms with E-state index in [4.69, 9.17) is 16.7 Å². The minimum absolute atomic E-state index is 0. The quantitative estimate of drug-likeness (QED) is 0.813. The van der Waals surface area contributed by atoms with Crippen molar-refractivity contribution >= 4 is 21.6 Å². The van der Waals surface area contributed by atoms with E-state index < -0.39 is 10.0 Å². The molecule has 0 aliphatic carbocycles. The second-order valence-electron chi connectivity index (χ2n) is 4.77. The molecule has 6 heteroatoms. The third-order valence-corrected chi connectivity index (χ3v) is 3.97. The van der Waals surface area contributed by atoms with Crippen LogP contribution in [0.4, 0.5) is 0 Å². The van der Waals surface area contributed by atoms with E-state index >= 15 is 0 Å². The van der Waals surface area contributed by atoms with Crippen LogP contribution >= 0.6 is 11.6 Å². The number of sulfonamides is 1. The van der Waals surface area contributed by atoms with Crippen molar-refractivity contribution < 1.29 is 38.0 Å². The van der Waals surface area contributed by atoms with Gasteiger partial charge in [-0.15, -0.1) is 0 Å². The van der Waals surface area contributed by atoms with E-state index in [1.807, 2.05) is 27.7 Å². The molecule has 0 bridgehead atoms. The van der Waals surface area contributed by atoms with Crippen LogP contribution in [0.3, 0.4) is 0 Å². The van der Waals surface area contributed by atoms with E-state index in [0.29, 0.717) is 10.6 Å². The van der Waals surface area contributed by atoms with Crippen molar-refractivity contribution in [1.82, 2.24) is 0 Å². The molecule has 2 N–H and O–H groups in total. The predicted octanol–water partition coefficient (Wildman–Crippen LogP) is 0.238. The molecule has 0 amide bonds. The maximum absolute atomic E-state index is 11.6. The van der Waals surface area contributed by atoms with Crippen molar-refractivity contribution in [2.45, 2.75) is 44.4 Å². The number of hydrogen-bond acceptors (Lipinski definition) is 2. The fraction of sp³-hybridized carbons (Fsp3) is 0.500. The minimum Gasteiger partial charge on any atom is -0.225 e. The number of halogens is 1. The van der Waals surface area contributed by atoms with Crippen LogP contribution in [0.1, 0.15) is 50.7 Å². The number of rotatable bonds is 3. The Hall–Kier alpha value is 0.420. The summed E-state index contributed by atoms with van der Waals surface area (Å²) in [5.74, 6) is 0.214. The molecule has 0 radical (unpaired) electrons. The molecule has 0 aliphatic rings. The van der Waals surface area contributed by atoms with E-state index in [1.165, 1.54) is 0 Å². The van der Waals surface area contributed by atoms with Crippen LogP contribution in [0, 0.1) is 0 Å². The Balaban J connectivity index is 0.00000289. The zero-order valence-corrected chi connectivity index (χ0v) is 15.1. The maximum Gasteiger partial charge on any atom is 1.00 e. The van der Waals surface area contributed by atoms with Crippen LogP contribution in [0.2, 0.25) is 5.02 Å². The minimum atomic E-state index is -3.71. The first-order valence-corrected chi connectivity index (χ1v) is 7.43. The van der Waals surface area contributed by atoms with Crippen molar-refractivity contribution in [2.75, 3.05) is 0 Å². The van der Waals surface area contributed by atoms with E-state index in [0.717, 1.165) is 5.56 Å². The smallest absolute Gasteiger partial charge is 0.225 e. The van der Waals surface area contributed by atoms with Crippen LogP contribution in [0.5, 0.6) is 0 Å². The molecule has 0 spiro atoms. The van der Waals surface area contributed by atoms with Crippen molar-refractivity contribution in [1.29, 1.82) is 0 Å². The summed E-state index contributed by atoms with van der Waals surface area (Å²) in [4.78, 5) is 0.181. The molecule has 0 fully saturated rings. The van der Waals surface area contributed by atoms with Gasteiger partial charge in [0.15, 0.2) is 0 Å². The summed E-state index contributed by atoms with van der Waals surface area (Å²) < 4.78 is 23.2. The normalized spacial score (nSPS) is 11.8. The molecule has 0 aromatic heterocycles. The van der Waals surface area contributed by atoms with Gasteiger partial charge in [-0.1, -0.05) is 39.3 Å². The summed E-state index contributed by atoms with van der Waals surface area (Å²) in [6.45, 7) is 7.75. The topological polar surface area (TPSA) is 60.2 Å². The van der Waals surface area contributed by atoms with Crippen LogP contribution in [0.15, 0.2) is 17.0 Å². The Bertz CT molecular complexity index is 527. The van der Waals surface area contributed by atoms with Crippen molar-refractivity contribution in [3.05, 3.63) is 28.3 Å². The SMILES string of the molecule is CC(C)c1cc(S(N)(=O)=O)c(C(C)C)cc1Cl.[Na+]. The first kappa shape index (κ1) is 18.4. The predicted molar refractivity (Wildman–Crippen MR) is 71.0 cm³/mol. The third-order valence-electron chi connectivity index (χ3n) is 2.68. The molecule has 1 rings (SSSR count). The monoisotopic (exact) mass is 298 g/mol. The molecule has 0 saturated carbocycles. The van der Waals surface area contributed by atoms with Gasteiger partial charge in [-0.3, -0.25) is 0 Å². The van der Waals surface area contributed by atoms with Crippen molar-refractivity contribution in [2.24, 2.45) is 5.14 Å². The number of nitrogens with two attached hydrogens (primary N) is 1. The molecule has 18 heavy (non-hydrogen) atoms. The Morgan fingerprint density at radius 1 is 1.06 bits per heavy atom. The van der Waals surface area contributed by atoms with Gasteiger partial charge in [-0.2, -0.15) is 0 Å². The van der Waals surface area contributed by atoms with Gasteiger partial charge in [-0.25, -0.2) is 13.6 Å². The third kappa shape index (κ3) is 4.22. The molecule has 0 heterocycles. The van der Waals surface area contributed by atoms with Crippen LogP contribution in [0.25, 0.3) is 0 Å². The maximum atomic E-state index is 11.6. The summed E-state index contributed by atoms with van der Waals surface area (Å²) in [5, 5.41) is 5.84. The Morgan fingerprint density at radius 2 is 1.50 bits per heavy atom. The zero-order chi connectivity index (χ0) is 13.4. The van der Waals surface area contributed by atoms with E-state index in [1.54, 1.807) is 12.1 Å². The van der Waals surface area contributed by atoms with E-state index in [-0.39, 0.29) is 46.3 Å². The number of benzene rings is 1. The molecular weight excluding hydrogens is 281 g/mol. The fourth-order valence-corrected chi connectivity index (χ4v) is 3.03.